The molecule has 1 N–H and O–H groups in total. The molecule has 0 fully saturated rings. The van der Waals surface area contributed by atoms with Gasteiger partial charge in [-0.05, 0) is 56.3 Å². The van der Waals surface area contributed by atoms with Gasteiger partial charge in [0.2, 0.25) is 0 Å². The van der Waals surface area contributed by atoms with Crippen LogP contribution >= 0.6 is 11.3 Å². The molecule has 108 valence electrons. The van der Waals surface area contributed by atoms with E-state index in [4.69, 9.17) is 0 Å². The first-order valence-electron chi connectivity index (χ1n) is 6.77. The SMILES string of the molecule is CNC(CCCc1cccs1)c1c(F)ccc(C)c1F. The number of halogens is 2. The molecule has 0 aliphatic rings. The molecule has 1 nitrogen and oxygen atoms in total. The summed E-state index contributed by atoms with van der Waals surface area (Å²) in [7, 11) is 1.75. The van der Waals surface area contributed by atoms with E-state index in [0.29, 0.717) is 12.0 Å². The summed E-state index contributed by atoms with van der Waals surface area (Å²) in [6.45, 7) is 1.66. The summed E-state index contributed by atoms with van der Waals surface area (Å²) in [6, 6.07) is 6.65. The van der Waals surface area contributed by atoms with Gasteiger partial charge >= 0.3 is 0 Å². The van der Waals surface area contributed by atoms with Crippen molar-refractivity contribution < 1.29 is 8.78 Å². The predicted molar refractivity (Wildman–Crippen MR) is 80.2 cm³/mol. The van der Waals surface area contributed by atoms with E-state index in [9.17, 15) is 8.78 Å². The highest BCUT2D eigenvalue weighted by atomic mass is 32.1. The van der Waals surface area contributed by atoms with Crippen molar-refractivity contribution in [2.45, 2.75) is 32.2 Å². The third-order valence-electron chi connectivity index (χ3n) is 3.51. The molecule has 0 amide bonds. The van der Waals surface area contributed by atoms with E-state index < -0.39 is 11.6 Å². The molecule has 1 atom stereocenters. The highest BCUT2D eigenvalue weighted by Gasteiger charge is 2.19. The first kappa shape index (κ1) is 15.1. The van der Waals surface area contributed by atoms with Crippen LogP contribution in [0.4, 0.5) is 8.78 Å². The van der Waals surface area contributed by atoms with E-state index in [1.165, 1.54) is 17.0 Å². The third kappa shape index (κ3) is 3.44. The molecule has 1 aromatic carbocycles. The molecule has 0 saturated heterocycles. The Morgan fingerprint density at radius 3 is 2.70 bits per heavy atom. The number of nitrogens with one attached hydrogen (secondary N) is 1. The van der Waals surface area contributed by atoms with Crippen LogP contribution in [0, 0.1) is 18.6 Å². The Labute approximate surface area is 122 Å². The molecule has 0 aliphatic heterocycles. The Hall–Kier alpha value is -1.26. The lowest BCUT2D eigenvalue weighted by Gasteiger charge is -2.19. The molecular formula is C16H19F2NS. The molecular weight excluding hydrogens is 276 g/mol. The lowest BCUT2D eigenvalue weighted by molar-refractivity contribution is 0.460. The lowest BCUT2D eigenvalue weighted by Crippen LogP contribution is -2.20. The predicted octanol–water partition coefficient (Wildman–Crippen LogP) is 4.62. The summed E-state index contributed by atoms with van der Waals surface area (Å²) in [6.07, 6.45) is 2.56. The Morgan fingerprint density at radius 2 is 2.05 bits per heavy atom. The lowest BCUT2D eigenvalue weighted by atomic mass is 9.98. The highest BCUT2D eigenvalue weighted by molar-refractivity contribution is 7.09. The van der Waals surface area contributed by atoms with E-state index in [1.807, 2.05) is 11.4 Å². The first-order chi connectivity index (χ1) is 9.63. The highest BCUT2D eigenvalue weighted by Crippen LogP contribution is 2.27. The van der Waals surface area contributed by atoms with Crippen molar-refractivity contribution in [3.63, 3.8) is 0 Å². The van der Waals surface area contributed by atoms with Gasteiger partial charge in [0.15, 0.2) is 0 Å². The van der Waals surface area contributed by atoms with Gasteiger partial charge in [0.25, 0.3) is 0 Å². The average molecular weight is 295 g/mol. The number of benzene rings is 1. The molecule has 20 heavy (non-hydrogen) atoms. The Bertz CT molecular complexity index is 552. The molecule has 1 unspecified atom stereocenters. The number of hydrogen-bond donors (Lipinski definition) is 1. The fourth-order valence-electron chi connectivity index (χ4n) is 2.37. The van der Waals surface area contributed by atoms with Crippen LogP contribution in [-0.2, 0) is 6.42 Å². The summed E-state index contributed by atoms with van der Waals surface area (Å²) >= 11 is 1.72. The van der Waals surface area contributed by atoms with Crippen molar-refractivity contribution in [1.82, 2.24) is 5.32 Å². The van der Waals surface area contributed by atoms with Gasteiger partial charge in [0.05, 0.1) is 0 Å². The van der Waals surface area contributed by atoms with Crippen LogP contribution in [0.25, 0.3) is 0 Å². The van der Waals surface area contributed by atoms with Crippen molar-refractivity contribution in [3.8, 4) is 0 Å². The quantitative estimate of drug-likeness (QED) is 0.820. The van der Waals surface area contributed by atoms with E-state index >= 15 is 0 Å². The first-order valence-corrected chi connectivity index (χ1v) is 7.65. The summed E-state index contributed by atoms with van der Waals surface area (Å²) in [5.74, 6) is -0.899. The van der Waals surface area contributed by atoms with Crippen LogP contribution < -0.4 is 5.32 Å². The fraction of sp³-hybridized carbons (Fsp3) is 0.375. The molecule has 4 heteroatoms. The largest absolute Gasteiger partial charge is 0.313 e. The van der Waals surface area contributed by atoms with Crippen LogP contribution in [0.1, 0.15) is 34.9 Å². The Balaban J connectivity index is 2.06. The second kappa shape index (κ2) is 6.95. The zero-order valence-corrected chi connectivity index (χ0v) is 12.6. The number of aryl methyl sites for hydroxylation is 2. The molecule has 0 aliphatic carbocycles. The van der Waals surface area contributed by atoms with Crippen molar-refractivity contribution in [2.75, 3.05) is 7.05 Å². The summed E-state index contributed by atoms with van der Waals surface area (Å²) < 4.78 is 28.0. The fourth-order valence-corrected chi connectivity index (χ4v) is 3.12. The van der Waals surface area contributed by atoms with Gasteiger partial charge in [-0.3, -0.25) is 0 Å². The van der Waals surface area contributed by atoms with Crippen LogP contribution in [0.5, 0.6) is 0 Å². The zero-order valence-electron chi connectivity index (χ0n) is 11.7. The second-order valence-electron chi connectivity index (χ2n) is 4.90. The molecule has 2 rings (SSSR count). The second-order valence-corrected chi connectivity index (χ2v) is 5.94. The number of rotatable bonds is 6. The van der Waals surface area contributed by atoms with Crippen molar-refractivity contribution in [3.05, 3.63) is 57.3 Å². The van der Waals surface area contributed by atoms with E-state index in [-0.39, 0.29) is 11.6 Å². The maximum absolute atomic E-state index is 14.1. The Kier molecular flexibility index (Phi) is 5.26. The monoisotopic (exact) mass is 295 g/mol. The van der Waals surface area contributed by atoms with Crippen LogP contribution in [-0.4, -0.2) is 7.05 Å². The maximum Gasteiger partial charge on any atom is 0.133 e. The van der Waals surface area contributed by atoms with Gasteiger partial charge in [-0.15, -0.1) is 11.3 Å². The minimum Gasteiger partial charge on any atom is -0.313 e. The minimum atomic E-state index is -0.469. The van der Waals surface area contributed by atoms with Crippen LogP contribution in [0.2, 0.25) is 0 Å². The topological polar surface area (TPSA) is 12.0 Å². The summed E-state index contributed by atoms with van der Waals surface area (Å²) in [5.41, 5.74) is 0.651. The van der Waals surface area contributed by atoms with Gasteiger partial charge in [0, 0.05) is 16.5 Å². The van der Waals surface area contributed by atoms with Gasteiger partial charge in [0.1, 0.15) is 11.6 Å². The molecule has 1 aromatic heterocycles. The van der Waals surface area contributed by atoms with Gasteiger partial charge in [-0.1, -0.05) is 12.1 Å². The Morgan fingerprint density at radius 1 is 1.25 bits per heavy atom. The summed E-state index contributed by atoms with van der Waals surface area (Å²) in [5, 5.41) is 5.08. The number of thiophene rings is 1. The normalized spacial score (nSPS) is 12.6. The van der Waals surface area contributed by atoms with Crippen LogP contribution in [0.3, 0.4) is 0 Å². The van der Waals surface area contributed by atoms with Gasteiger partial charge in [-0.25, -0.2) is 8.78 Å². The van der Waals surface area contributed by atoms with E-state index in [1.54, 1.807) is 25.3 Å². The van der Waals surface area contributed by atoms with Gasteiger partial charge < -0.3 is 5.32 Å². The van der Waals surface area contributed by atoms with Crippen molar-refractivity contribution >= 4 is 11.3 Å². The summed E-state index contributed by atoms with van der Waals surface area (Å²) in [4.78, 5) is 1.31. The molecule has 0 saturated carbocycles. The van der Waals surface area contributed by atoms with Crippen LogP contribution in [0.15, 0.2) is 29.6 Å². The zero-order chi connectivity index (χ0) is 14.5. The third-order valence-corrected chi connectivity index (χ3v) is 4.45. The molecule has 0 radical (unpaired) electrons. The molecule has 2 aromatic rings. The minimum absolute atomic E-state index is 0.165. The smallest absolute Gasteiger partial charge is 0.133 e. The average Bonchev–Trinajstić information content (AvgIpc) is 2.94. The van der Waals surface area contributed by atoms with Crippen molar-refractivity contribution in [2.24, 2.45) is 0 Å². The van der Waals surface area contributed by atoms with Crippen molar-refractivity contribution in [1.29, 1.82) is 0 Å². The number of hydrogen-bond acceptors (Lipinski definition) is 2. The standard InChI is InChI=1S/C16H19F2NS/c1-11-8-9-13(17)15(16(11)18)14(19-2)7-3-5-12-6-4-10-20-12/h4,6,8-10,14,19H,3,5,7H2,1-2H3. The van der Waals surface area contributed by atoms with Gasteiger partial charge in [-0.2, -0.15) is 0 Å². The molecule has 1 heterocycles. The van der Waals surface area contributed by atoms with E-state index in [2.05, 4.69) is 11.4 Å². The van der Waals surface area contributed by atoms with E-state index in [0.717, 1.165) is 12.8 Å². The maximum atomic E-state index is 14.1. The molecule has 0 spiro atoms. The molecule has 0 bridgehead atoms.